The molecule has 0 bridgehead atoms. The molecule has 0 spiro atoms. The Balaban J connectivity index is 1.61. The fourth-order valence-electron chi connectivity index (χ4n) is 3.37. The Hall–Kier alpha value is -1.74. The zero-order valence-electron chi connectivity index (χ0n) is 15.7. The molecular weight excluding hydrogens is 395 g/mol. The predicted octanol–water partition coefficient (Wildman–Crippen LogP) is 2.80. The van der Waals surface area contributed by atoms with Crippen molar-refractivity contribution < 1.29 is 18.3 Å². The number of nitrogens with zero attached hydrogens (tertiary/aromatic N) is 3. The fraction of sp³-hybridized carbons (Fsp3) is 0.667. The fourth-order valence-corrected chi connectivity index (χ4v) is 3.66. The van der Waals surface area contributed by atoms with Crippen molar-refractivity contribution >= 4 is 23.4 Å². The van der Waals surface area contributed by atoms with Gasteiger partial charge in [0.25, 0.3) is 0 Å². The number of anilines is 1. The molecule has 0 aromatic carbocycles. The van der Waals surface area contributed by atoms with E-state index in [1.54, 1.807) is 0 Å². The Labute approximate surface area is 167 Å². The lowest BCUT2D eigenvalue weighted by Gasteiger charge is -2.35. The molecule has 1 saturated heterocycles. The number of nitrogens with one attached hydrogen (secondary N) is 2. The third kappa shape index (κ3) is 5.00. The molecule has 1 aliphatic heterocycles. The minimum Gasteiger partial charge on any atom is -0.388 e. The van der Waals surface area contributed by atoms with Crippen LogP contribution in [0.5, 0.6) is 0 Å². The van der Waals surface area contributed by atoms with Crippen molar-refractivity contribution in [2.45, 2.75) is 50.4 Å². The molecule has 1 unspecified atom stereocenters. The maximum atomic E-state index is 12.8. The third-order valence-electron chi connectivity index (χ3n) is 5.14. The molecule has 0 amide bonds. The van der Waals surface area contributed by atoms with Gasteiger partial charge in [-0.15, -0.1) is 0 Å². The molecule has 10 heteroatoms. The van der Waals surface area contributed by atoms with Crippen molar-refractivity contribution in [3.05, 3.63) is 22.8 Å². The van der Waals surface area contributed by atoms with Crippen LogP contribution in [0.3, 0.4) is 0 Å². The summed E-state index contributed by atoms with van der Waals surface area (Å²) in [6.07, 6.45) is -0.322. The molecule has 1 aromatic heterocycles. The number of rotatable bonds is 5. The molecular formula is C18H25ClF3N5O. The summed E-state index contributed by atoms with van der Waals surface area (Å²) in [4.78, 5) is 10.3. The zero-order chi connectivity index (χ0) is 20.4. The molecule has 156 valence electrons. The van der Waals surface area contributed by atoms with Gasteiger partial charge in [0, 0.05) is 31.9 Å². The van der Waals surface area contributed by atoms with E-state index in [-0.39, 0.29) is 11.1 Å². The number of alkyl halides is 3. The van der Waals surface area contributed by atoms with E-state index in [1.165, 1.54) is 0 Å². The van der Waals surface area contributed by atoms with Gasteiger partial charge in [-0.25, -0.2) is 4.98 Å². The van der Waals surface area contributed by atoms with E-state index in [1.807, 2.05) is 11.8 Å². The largest absolute Gasteiger partial charge is 0.417 e. The van der Waals surface area contributed by atoms with Gasteiger partial charge < -0.3 is 20.6 Å². The first-order chi connectivity index (χ1) is 13.2. The SMILES string of the molecule is CCNC(=NCC1(O)CCC1)NC1CCN(c2ncc(C(F)(F)F)cc2Cl)C1. The Morgan fingerprint density at radius 1 is 1.46 bits per heavy atom. The summed E-state index contributed by atoms with van der Waals surface area (Å²) in [7, 11) is 0. The number of halogens is 4. The highest BCUT2D eigenvalue weighted by Gasteiger charge is 2.35. The average molecular weight is 420 g/mol. The highest BCUT2D eigenvalue weighted by molar-refractivity contribution is 6.33. The summed E-state index contributed by atoms with van der Waals surface area (Å²) in [6, 6.07) is 0.962. The van der Waals surface area contributed by atoms with Gasteiger partial charge in [0.2, 0.25) is 0 Å². The van der Waals surface area contributed by atoms with Crippen molar-refractivity contribution in [3.8, 4) is 0 Å². The van der Waals surface area contributed by atoms with E-state index in [0.29, 0.717) is 38.0 Å². The van der Waals surface area contributed by atoms with Gasteiger partial charge in [-0.2, -0.15) is 13.2 Å². The van der Waals surface area contributed by atoms with Crippen LogP contribution in [0.4, 0.5) is 19.0 Å². The van der Waals surface area contributed by atoms with E-state index in [9.17, 15) is 18.3 Å². The number of aliphatic imine (C=N–C) groups is 1. The normalized spacial score (nSPS) is 22.1. The monoisotopic (exact) mass is 419 g/mol. The molecule has 6 nitrogen and oxygen atoms in total. The number of aliphatic hydroxyl groups is 1. The highest BCUT2D eigenvalue weighted by Crippen LogP contribution is 2.34. The highest BCUT2D eigenvalue weighted by atomic mass is 35.5. The summed E-state index contributed by atoms with van der Waals surface area (Å²) < 4.78 is 38.3. The van der Waals surface area contributed by atoms with Crippen LogP contribution < -0.4 is 15.5 Å². The summed E-state index contributed by atoms with van der Waals surface area (Å²) in [5.41, 5.74) is -1.55. The zero-order valence-corrected chi connectivity index (χ0v) is 16.4. The van der Waals surface area contributed by atoms with Crippen LogP contribution >= 0.6 is 11.6 Å². The topological polar surface area (TPSA) is 72.8 Å². The first-order valence-electron chi connectivity index (χ1n) is 9.45. The van der Waals surface area contributed by atoms with Gasteiger partial charge >= 0.3 is 6.18 Å². The van der Waals surface area contributed by atoms with Crippen LogP contribution in [0.15, 0.2) is 17.3 Å². The summed E-state index contributed by atoms with van der Waals surface area (Å²) >= 11 is 6.05. The number of pyridine rings is 1. The molecule has 2 aliphatic rings. The van der Waals surface area contributed by atoms with Crippen LogP contribution in [-0.2, 0) is 6.18 Å². The van der Waals surface area contributed by atoms with Gasteiger partial charge in [-0.1, -0.05) is 11.6 Å². The van der Waals surface area contributed by atoms with Crippen LogP contribution in [0, 0.1) is 0 Å². The molecule has 1 atom stereocenters. The minimum atomic E-state index is -4.47. The maximum Gasteiger partial charge on any atom is 0.417 e. The van der Waals surface area contributed by atoms with Crippen LogP contribution in [0.2, 0.25) is 5.02 Å². The second-order valence-electron chi connectivity index (χ2n) is 7.38. The Bertz CT molecular complexity index is 724. The average Bonchev–Trinajstić information content (AvgIpc) is 3.05. The van der Waals surface area contributed by atoms with Crippen LogP contribution in [0.1, 0.15) is 38.2 Å². The van der Waals surface area contributed by atoms with Gasteiger partial charge in [0.05, 0.1) is 22.7 Å². The summed E-state index contributed by atoms with van der Waals surface area (Å²) in [6.45, 7) is 4.17. The molecule has 1 aromatic rings. The van der Waals surface area contributed by atoms with E-state index in [0.717, 1.165) is 37.9 Å². The van der Waals surface area contributed by atoms with Crippen LogP contribution in [0.25, 0.3) is 0 Å². The van der Waals surface area contributed by atoms with Gasteiger partial charge in [0.1, 0.15) is 5.82 Å². The van der Waals surface area contributed by atoms with E-state index >= 15 is 0 Å². The first-order valence-corrected chi connectivity index (χ1v) is 9.83. The first kappa shape index (κ1) is 21.0. The summed E-state index contributed by atoms with van der Waals surface area (Å²) in [5, 5.41) is 16.7. The third-order valence-corrected chi connectivity index (χ3v) is 5.42. The molecule has 1 aliphatic carbocycles. The molecule has 0 radical (unpaired) electrons. The minimum absolute atomic E-state index is 0.0109. The van der Waals surface area contributed by atoms with E-state index in [4.69, 9.17) is 11.6 Å². The van der Waals surface area contributed by atoms with Crippen molar-refractivity contribution in [2.75, 3.05) is 31.1 Å². The Kier molecular flexibility index (Phi) is 6.24. The maximum absolute atomic E-state index is 12.8. The molecule has 28 heavy (non-hydrogen) atoms. The Morgan fingerprint density at radius 3 is 2.79 bits per heavy atom. The van der Waals surface area contributed by atoms with Crippen molar-refractivity contribution in [2.24, 2.45) is 4.99 Å². The second-order valence-corrected chi connectivity index (χ2v) is 7.78. The lowest BCUT2D eigenvalue weighted by molar-refractivity contribution is -0.137. The smallest absolute Gasteiger partial charge is 0.388 e. The second kappa shape index (κ2) is 8.32. The number of hydrogen-bond donors (Lipinski definition) is 3. The van der Waals surface area contributed by atoms with Gasteiger partial charge in [-0.3, -0.25) is 4.99 Å². The Morgan fingerprint density at radius 2 is 2.21 bits per heavy atom. The van der Waals surface area contributed by atoms with Crippen molar-refractivity contribution in [3.63, 3.8) is 0 Å². The molecule has 1 saturated carbocycles. The van der Waals surface area contributed by atoms with Crippen molar-refractivity contribution in [1.29, 1.82) is 0 Å². The molecule has 2 heterocycles. The lowest BCUT2D eigenvalue weighted by atomic mass is 9.80. The van der Waals surface area contributed by atoms with E-state index < -0.39 is 17.3 Å². The predicted molar refractivity (Wildman–Crippen MR) is 103 cm³/mol. The standard InChI is InChI=1S/C18H25ClF3N5O/c1-2-23-16(25-11-17(28)5-3-6-17)26-13-4-7-27(10-13)15-14(19)8-12(9-24-15)18(20,21)22/h8-9,13,28H,2-7,10-11H2,1H3,(H2,23,25,26). The van der Waals surface area contributed by atoms with Gasteiger partial charge in [0.15, 0.2) is 5.96 Å². The number of guanidine groups is 1. The summed E-state index contributed by atoms with van der Waals surface area (Å²) in [5.74, 6) is 0.978. The molecule has 3 rings (SSSR count). The van der Waals surface area contributed by atoms with Crippen molar-refractivity contribution in [1.82, 2.24) is 15.6 Å². The number of hydrogen-bond acceptors (Lipinski definition) is 4. The molecule has 3 N–H and O–H groups in total. The van der Waals surface area contributed by atoms with Gasteiger partial charge in [-0.05, 0) is 38.7 Å². The quantitative estimate of drug-likeness (QED) is 0.505. The lowest BCUT2D eigenvalue weighted by Crippen LogP contribution is -2.46. The van der Waals surface area contributed by atoms with E-state index in [2.05, 4.69) is 20.6 Å². The number of aromatic nitrogens is 1. The molecule has 2 fully saturated rings. The van der Waals surface area contributed by atoms with Crippen LogP contribution in [-0.4, -0.2) is 53.9 Å².